The third kappa shape index (κ3) is 2.95. The second kappa shape index (κ2) is 8.43. The molecule has 0 unspecified atom stereocenters. The van der Waals surface area contributed by atoms with Crippen molar-refractivity contribution in [2.45, 2.75) is 0 Å². The van der Waals surface area contributed by atoms with Crippen LogP contribution in [0.2, 0.25) is 0 Å². The van der Waals surface area contributed by atoms with Gasteiger partial charge in [0.1, 0.15) is 0 Å². The summed E-state index contributed by atoms with van der Waals surface area (Å²) in [6.45, 7) is 0.114. The van der Waals surface area contributed by atoms with E-state index >= 15 is 0 Å². The lowest BCUT2D eigenvalue weighted by molar-refractivity contribution is 1.14. The summed E-state index contributed by atoms with van der Waals surface area (Å²) in [5.41, 5.74) is 16.9. The molecule has 206 valence electrons. The van der Waals surface area contributed by atoms with Gasteiger partial charge in [-0.2, -0.15) is 0 Å². The van der Waals surface area contributed by atoms with Crippen molar-refractivity contribution in [3.63, 3.8) is 0 Å². The molecule has 0 atom stereocenters. The number of rotatable bonds is 2. The molecular weight excluding hydrogens is 543 g/mol. The quantitative estimate of drug-likeness (QED) is 0.186. The van der Waals surface area contributed by atoms with E-state index in [-0.39, 0.29) is 6.71 Å². The summed E-state index contributed by atoms with van der Waals surface area (Å²) >= 11 is 0. The average Bonchev–Trinajstić information content (AvgIpc) is 3.63. The van der Waals surface area contributed by atoms with Crippen molar-refractivity contribution in [1.82, 2.24) is 9.13 Å². The van der Waals surface area contributed by atoms with Crippen LogP contribution >= 0.6 is 0 Å². The van der Waals surface area contributed by atoms with Crippen molar-refractivity contribution >= 4 is 66.7 Å². The zero-order valence-corrected chi connectivity index (χ0v) is 24.4. The Balaban J connectivity index is 1.39. The Hall–Kier alpha value is -5.80. The Morgan fingerprint density at radius 1 is 0.356 bits per heavy atom. The van der Waals surface area contributed by atoms with Crippen LogP contribution < -0.4 is 16.4 Å². The first-order chi connectivity index (χ1) is 22.3. The van der Waals surface area contributed by atoms with Gasteiger partial charge in [0.05, 0.1) is 11.0 Å². The Morgan fingerprint density at radius 3 is 1.51 bits per heavy atom. The first-order valence-corrected chi connectivity index (χ1v) is 15.7. The molecule has 7 aromatic carbocycles. The average molecular weight is 568 g/mol. The number of hydrogen-bond donors (Lipinski definition) is 0. The second-order valence-electron chi connectivity index (χ2n) is 12.5. The summed E-state index contributed by atoms with van der Waals surface area (Å²) in [4.78, 5) is 0. The normalized spacial score (nSPS) is 12.8. The lowest BCUT2D eigenvalue weighted by Crippen LogP contribution is -2.59. The highest BCUT2D eigenvalue weighted by Crippen LogP contribution is 2.41. The topological polar surface area (TPSA) is 9.86 Å². The van der Waals surface area contributed by atoms with Gasteiger partial charge in [-0.25, -0.2) is 0 Å². The van der Waals surface area contributed by atoms with Gasteiger partial charge in [0.15, 0.2) is 0 Å². The van der Waals surface area contributed by atoms with Gasteiger partial charge in [-0.15, -0.1) is 0 Å². The van der Waals surface area contributed by atoms with Gasteiger partial charge in [0.2, 0.25) is 0 Å². The molecule has 0 saturated heterocycles. The van der Waals surface area contributed by atoms with Crippen molar-refractivity contribution < 1.29 is 0 Å². The highest BCUT2D eigenvalue weighted by molar-refractivity contribution is 7.00. The molecule has 11 rings (SSSR count). The summed E-state index contributed by atoms with van der Waals surface area (Å²) in [5, 5.41) is 5.24. The molecule has 0 amide bonds. The van der Waals surface area contributed by atoms with Crippen LogP contribution in [0.1, 0.15) is 0 Å². The fraction of sp³-hybridized carbons (Fsp3) is 0. The second-order valence-corrected chi connectivity index (χ2v) is 12.5. The zero-order chi connectivity index (χ0) is 29.2. The van der Waals surface area contributed by atoms with E-state index in [1.54, 1.807) is 0 Å². The fourth-order valence-electron chi connectivity index (χ4n) is 8.49. The third-order valence-electron chi connectivity index (χ3n) is 10.3. The predicted octanol–water partition coefficient (Wildman–Crippen LogP) is 8.36. The van der Waals surface area contributed by atoms with E-state index in [1.807, 2.05) is 0 Å². The Bertz CT molecular complexity index is 2700. The summed E-state index contributed by atoms with van der Waals surface area (Å²) in [7, 11) is 0. The van der Waals surface area contributed by atoms with Crippen molar-refractivity contribution in [2.24, 2.45) is 0 Å². The maximum Gasteiger partial charge on any atom is 0.252 e. The number of hydrogen-bond acceptors (Lipinski definition) is 0. The van der Waals surface area contributed by atoms with E-state index in [2.05, 4.69) is 161 Å². The minimum absolute atomic E-state index is 0.114. The van der Waals surface area contributed by atoms with Crippen LogP contribution in [-0.2, 0) is 0 Å². The molecule has 2 aliphatic heterocycles. The van der Waals surface area contributed by atoms with E-state index in [4.69, 9.17) is 0 Å². The van der Waals surface area contributed by atoms with Crippen molar-refractivity contribution in [3.8, 4) is 33.6 Å². The van der Waals surface area contributed by atoms with Crippen molar-refractivity contribution in [1.29, 1.82) is 0 Å². The summed E-state index contributed by atoms with van der Waals surface area (Å²) in [5.74, 6) is 0. The first kappa shape index (κ1) is 23.6. The summed E-state index contributed by atoms with van der Waals surface area (Å²) < 4.78 is 5.12. The largest absolute Gasteiger partial charge is 0.310 e. The molecule has 0 radical (unpaired) electrons. The molecular formula is C42H25BN2. The highest BCUT2D eigenvalue weighted by atomic mass is 15.0. The molecule has 2 aromatic heterocycles. The molecule has 2 nitrogen and oxygen atoms in total. The standard InChI is InChI=1S/C42H25BN2/c1-3-12-26(13-4-1)28-22-33-31-17-8-10-21-37(31)45-39-25-29(27-14-5-2-6-15-27)24-38-40(39)43(35(23-28)42(33)45)34-19-11-18-32-30-16-7-9-20-36(30)44(38)41(32)34/h1-25H. The van der Waals surface area contributed by atoms with E-state index < -0.39 is 0 Å². The van der Waals surface area contributed by atoms with Crippen LogP contribution in [0, 0.1) is 0 Å². The minimum atomic E-state index is 0.114. The smallest absolute Gasteiger partial charge is 0.252 e. The Labute approximate surface area is 260 Å². The van der Waals surface area contributed by atoms with Gasteiger partial charge in [-0.05, 0) is 69.0 Å². The maximum absolute atomic E-state index is 2.56. The lowest BCUT2D eigenvalue weighted by Gasteiger charge is -2.34. The van der Waals surface area contributed by atoms with Crippen LogP contribution in [0.5, 0.6) is 0 Å². The predicted molar refractivity (Wildman–Crippen MR) is 191 cm³/mol. The molecule has 2 aliphatic rings. The molecule has 45 heavy (non-hydrogen) atoms. The number of fused-ring (bicyclic) bond motifs is 10. The van der Waals surface area contributed by atoms with Gasteiger partial charge < -0.3 is 9.13 Å². The third-order valence-corrected chi connectivity index (χ3v) is 10.3. The molecule has 0 aliphatic carbocycles. The summed E-state index contributed by atoms with van der Waals surface area (Å²) in [6.07, 6.45) is 0. The molecule has 0 spiro atoms. The molecule has 9 aromatic rings. The van der Waals surface area contributed by atoms with Gasteiger partial charge in [0, 0.05) is 44.0 Å². The number of aromatic nitrogens is 2. The number of nitrogens with zero attached hydrogens (tertiary/aromatic N) is 2. The molecule has 0 saturated carbocycles. The zero-order valence-electron chi connectivity index (χ0n) is 24.4. The monoisotopic (exact) mass is 568 g/mol. The van der Waals surface area contributed by atoms with Gasteiger partial charge in [-0.1, -0.05) is 121 Å². The molecule has 4 heterocycles. The van der Waals surface area contributed by atoms with Crippen LogP contribution in [0.15, 0.2) is 152 Å². The van der Waals surface area contributed by atoms with E-state index in [9.17, 15) is 0 Å². The summed E-state index contributed by atoms with van der Waals surface area (Å²) in [6, 6.07) is 56.3. The van der Waals surface area contributed by atoms with Gasteiger partial charge in [0.25, 0.3) is 6.71 Å². The van der Waals surface area contributed by atoms with Crippen LogP contribution in [0.25, 0.3) is 77.2 Å². The molecule has 0 fully saturated rings. The highest BCUT2D eigenvalue weighted by Gasteiger charge is 2.41. The van der Waals surface area contributed by atoms with E-state index in [0.29, 0.717) is 0 Å². The van der Waals surface area contributed by atoms with E-state index in [0.717, 1.165) is 0 Å². The van der Waals surface area contributed by atoms with Gasteiger partial charge >= 0.3 is 0 Å². The number of benzene rings is 7. The van der Waals surface area contributed by atoms with Crippen molar-refractivity contribution in [2.75, 3.05) is 0 Å². The van der Waals surface area contributed by atoms with Crippen molar-refractivity contribution in [3.05, 3.63) is 152 Å². The van der Waals surface area contributed by atoms with E-state index in [1.165, 1.54) is 93.6 Å². The Morgan fingerprint density at radius 2 is 0.867 bits per heavy atom. The Kier molecular flexibility index (Phi) is 4.43. The first-order valence-electron chi connectivity index (χ1n) is 15.7. The molecule has 0 bridgehead atoms. The van der Waals surface area contributed by atoms with Gasteiger partial charge in [-0.3, -0.25) is 0 Å². The molecule has 0 N–H and O–H groups in total. The lowest BCUT2D eigenvalue weighted by atomic mass is 9.34. The van der Waals surface area contributed by atoms with Crippen LogP contribution in [-0.4, -0.2) is 15.8 Å². The van der Waals surface area contributed by atoms with Crippen LogP contribution in [0.3, 0.4) is 0 Å². The van der Waals surface area contributed by atoms with Crippen LogP contribution in [0.4, 0.5) is 0 Å². The fourth-order valence-corrected chi connectivity index (χ4v) is 8.49. The number of para-hydroxylation sites is 3. The maximum atomic E-state index is 2.56. The SMILES string of the molecule is c1ccc(-c2cc3c4c(c2)-n2c5ccccc5c5cc(-c6ccccc6)cc(c52)B4c2cccc4c5ccccc5n-3c24)cc1. The molecule has 3 heteroatoms. The minimum Gasteiger partial charge on any atom is -0.310 e.